The van der Waals surface area contributed by atoms with Crippen LogP contribution >= 0.6 is 11.6 Å². The fraction of sp³-hybridized carbons (Fsp3) is 0.600. The number of sulfonamides is 1. The summed E-state index contributed by atoms with van der Waals surface area (Å²) in [5.74, 6) is -1.39. The molecule has 2 rings (SSSR count). The maximum atomic E-state index is 12.8. The number of ether oxygens (including phenoxy) is 1. The third-order valence-electron chi connectivity index (χ3n) is 4.91. The molecular formula is C20H29ClN2O5S. The average molecular weight is 445 g/mol. The SMILES string of the molecule is CC(C)N(C(=O)COC(=O)C1CCCN(S(=O)(=O)c2ccc(Cl)cc2)C1)C(C)C. The Morgan fingerprint density at radius 3 is 2.31 bits per heavy atom. The Bertz CT molecular complexity index is 816. The van der Waals surface area contributed by atoms with E-state index >= 15 is 0 Å². The second kappa shape index (κ2) is 9.91. The lowest BCUT2D eigenvalue weighted by Crippen LogP contribution is -2.45. The van der Waals surface area contributed by atoms with Gasteiger partial charge in [-0.05, 0) is 64.8 Å². The van der Waals surface area contributed by atoms with Gasteiger partial charge in [-0.3, -0.25) is 9.59 Å². The minimum absolute atomic E-state index is 0.00380. The third-order valence-corrected chi connectivity index (χ3v) is 7.04. The van der Waals surface area contributed by atoms with Gasteiger partial charge in [0.15, 0.2) is 6.61 Å². The van der Waals surface area contributed by atoms with E-state index < -0.39 is 21.9 Å². The number of carbonyl (C=O) groups excluding carboxylic acids is 2. The fourth-order valence-electron chi connectivity index (χ4n) is 3.61. The standard InChI is InChI=1S/C20H29ClN2O5S/c1-14(2)23(15(3)4)19(24)13-28-20(25)16-6-5-11-22(12-16)29(26,27)18-9-7-17(21)8-10-18/h7-10,14-16H,5-6,11-13H2,1-4H3. The topological polar surface area (TPSA) is 84.0 Å². The molecule has 1 aliphatic heterocycles. The Balaban J connectivity index is 2.00. The van der Waals surface area contributed by atoms with E-state index in [4.69, 9.17) is 16.3 Å². The summed E-state index contributed by atoms with van der Waals surface area (Å²) in [6.07, 6.45) is 1.07. The zero-order valence-electron chi connectivity index (χ0n) is 17.3. The van der Waals surface area contributed by atoms with Gasteiger partial charge in [-0.1, -0.05) is 11.6 Å². The van der Waals surface area contributed by atoms with Gasteiger partial charge in [0.25, 0.3) is 5.91 Å². The van der Waals surface area contributed by atoms with Gasteiger partial charge < -0.3 is 9.64 Å². The summed E-state index contributed by atoms with van der Waals surface area (Å²) in [5, 5.41) is 0.450. The first-order valence-corrected chi connectivity index (χ1v) is 11.6. The summed E-state index contributed by atoms with van der Waals surface area (Å²) >= 11 is 5.83. The molecule has 0 aromatic heterocycles. The summed E-state index contributed by atoms with van der Waals surface area (Å²) in [7, 11) is -3.72. The quantitative estimate of drug-likeness (QED) is 0.603. The first kappa shape index (κ1) is 23.6. The lowest BCUT2D eigenvalue weighted by molar-refractivity contribution is -0.157. The summed E-state index contributed by atoms with van der Waals surface area (Å²) in [5.41, 5.74) is 0. The van der Waals surface area contributed by atoms with Crippen molar-refractivity contribution in [1.29, 1.82) is 0 Å². The number of benzene rings is 1. The molecule has 9 heteroatoms. The van der Waals surface area contributed by atoms with E-state index in [9.17, 15) is 18.0 Å². The summed E-state index contributed by atoms with van der Waals surface area (Å²) < 4.78 is 32.2. The van der Waals surface area contributed by atoms with Crippen molar-refractivity contribution in [2.24, 2.45) is 5.92 Å². The third kappa shape index (κ3) is 5.93. The van der Waals surface area contributed by atoms with E-state index in [-0.39, 0.29) is 36.0 Å². The lowest BCUT2D eigenvalue weighted by atomic mass is 10.00. The molecule has 1 unspecified atom stereocenters. The number of piperidine rings is 1. The van der Waals surface area contributed by atoms with Gasteiger partial charge in [0, 0.05) is 30.2 Å². The van der Waals surface area contributed by atoms with Crippen molar-refractivity contribution in [2.45, 2.75) is 57.5 Å². The molecule has 29 heavy (non-hydrogen) atoms. The summed E-state index contributed by atoms with van der Waals surface area (Å²) in [4.78, 5) is 26.7. The summed E-state index contributed by atoms with van der Waals surface area (Å²) in [6, 6.07) is 5.93. The fourth-order valence-corrected chi connectivity index (χ4v) is 5.26. The Morgan fingerprint density at radius 2 is 1.76 bits per heavy atom. The van der Waals surface area contributed by atoms with Gasteiger partial charge in [0.05, 0.1) is 10.8 Å². The Labute approximate surface area is 178 Å². The lowest BCUT2D eigenvalue weighted by Gasteiger charge is -2.32. The molecule has 0 N–H and O–H groups in total. The Kier molecular flexibility index (Phi) is 8.08. The van der Waals surface area contributed by atoms with Crippen LogP contribution in [0.5, 0.6) is 0 Å². The van der Waals surface area contributed by atoms with Crippen molar-refractivity contribution >= 4 is 33.5 Å². The zero-order valence-corrected chi connectivity index (χ0v) is 18.9. The van der Waals surface area contributed by atoms with E-state index in [1.165, 1.54) is 28.6 Å². The number of nitrogens with zero attached hydrogens (tertiary/aromatic N) is 2. The van der Waals surface area contributed by atoms with Crippen LogP contribution in [0, 0.1) is 5.92 Å². The second-order valence-corrected chi connectivity index (χ2v) is 10.1. The number of esters is 1. The molecule has 1 saturated heterocycles. The van der Waals surface area contributed by atoms with Crippen LogP contribution in [0.1, 0.15) is 40.5 Å². The van der Waals surface area contributed by atoms with Crippen LogP contribution in [0.25, 0.3) is 0 Å². The van der Waals surface area contributed by atoms with Crippen LogP contribution in [0.15, 0.2) is 29.2 Å². The van der Waals surface area contributed by atoms with Crippen molar-refractivity contribution in [3.63, 3.8) is 0 Å². The van der Waals surface area contributed by atoms with Gasteiger partial charge in [-0.25, -0.2) is 8.42 Å². The smallest absolute Gasteiger partial charge is 0.310 e. The number of hydrogen-bond donors (Lipinski definition) is 0. The number of hydrogen-bond acceptors (Lipinski definition) is 5. The number of rotatable bonds is 7. The largest absolute Gasteiger partial charge is 0.455 e. The Morgan fingerprint density at radius 1 is 1.17 bits per heavy atom. The molecule has 1 aromatic rings. The molecule has 1 aliphatic rings. The van der Waals surface area contributed by atoms with Crippen molar-refractivity contribution in [1.82, 2.24) is 9.21 Å². The number of amides is 1. The molecule has 0 spiro atoms. The highest BCUT2D eigenvalue weighted by Crippen LogP contribution is 2.25. The molecule has 0 saturated carbocycles. The number of halogens is 1. The van der Waals surface area contributed by atoms with Crippen molar-refractivity contribution in [3.8, 4) is 0 Å². The normalized spacial score (nSPS) is 18.1. The van der Waals surface area contributed by atoms with Crippen molar-refractivity contribution in [2.75, 3.05) is 19.7 Å². The van der Waals surface area contributed by atoms with E-state index in [1.54, 1.807) is 4.90 Å². The molecule has 7 nitrogen and oxygen atoms in total. The van der Waals surface area contributed by atoms with Gasteiger partial charge in [0.2, 0.25) is 10.0 Å². The minimum atomic E-state index is -3.72. The first-order chi connectivity index (χ1) is 13.5. The van der Waals surface area contributed by atoms with Crippen LogP contribution in [0.2, 0.25) is 5.02 Å². The highest BCUT2D eigenvalue weighted by Gasteiger charge is 2.34. The molecule has 0 aliphatic carbocycles. The minimum Gasteiger partial charge on any atom is -0.455 e. The molecular weight excluding hydrogens is 416 g/mol. The second-order valence-electron chi connectivity index (χ2n) is 7.75. The van der Waals surface area contributed by atoms with Crippen molar-refractivity contribution in [3.05, 3.63) is 29.3 Å². The van der Waals surface area contributed by atoms with Crippen LogP contribution in [-0.4, -0.2) is 61.3 Å². The average Bonchev–Trinajstić information content (AvgIpc) is 2.66. The predicted octanol–water partition coefficient (Wildman–Crippen LogP) is 2.93. The van der Waals surface area contributed by atoms with Gasteiger partial charge >= 0.3 is 5.97 Å². The van der Waals surface area contributed by atoms with Crippen molar-refractivity contribution < 1.29 is 22.7 Å². The van der Waals surface area contributed by atoms with Gasteiger partial charge in [-0.2, -0.15) is 4.31 Å². The van der Waals surface area contributed by atoms with E-state index in [0.717, 1.165) is 0 Å². The molecule has 1 aromatic carbocycles. The van der Waals surface area contributed by atoms with Crippen LogP contribution in [-0.2, 0) is 24.3 Å². The first-order valence-electron chi connectivity index (χ1n) is 9.77. The maximum Gasteiger partial charge on any atom is 0.310 e. The molecule has 0 bridgehead atoms. The van der Waals surface area contributed by atoms with Crippen LogP contribution < -0.4 is 0 Å². The Hall–Kier alpha value is -1.64. The van der Waals surface area contributed by atoms with E-state index in [2.05, 4.69) is 0 Å². The highest BCUT2D eigenvalue weighted by atomic mass is 35.5. The molecule has 1 atom stereocenters. The van der Waals surface area contributed by atoms with Gasteiger partial charge in [-0.15, -0.1) is 0 Å². The maximum absolute atomic E-state index is 12.8. The van der Waals surface area contributed by atoms with E-state index in [1.807, 2.05) is 27.7 Å². The van der Waals surface area contributed by atoms with E-state index in [0.29, 0.717) is 24.4 Å². The predicted molar refractivity (Wildman–Crippen MR) is 111 cm³/mol. The number of carbonyl (C=O) groups is 2. The molecule has 1 fully saturated rings. The highest BCUT2D eigenvalue weighted by molar-refractivity contribution is 7.89. The molecule has 162 valence electrons. The molecule has 1 amide bonds. The van der Waals surface area contributed by atoms with Gasteiger partial charge in [0.1, 0.15) is 0 Å². The molecule has 0 radical (unpaired) electrons. The van der Waals surface area contributed by atoms with Crippen LogP contribution in [0.3, 0.4) is 0 Å². The summed E-state index contributed by atoms with van der Waals surface area (Å²) in [6.45, 7) is 7.65. The molecule has 1 heterocycles. The van der Waals surface area contributed by atoms with Crippen LogP contribution in [0.4, 0.5) is 0 Å². The zero-order chi connectivity index (χ0) is 21.8. The monoisotopic (exact) mass is 444 g/mol.